The van der Waals surface area contributed by atoms with Crippen molar-refractivity contribution >= 4 is 21.6 Å². The zero-order chi connectivity index (χ0) is 11.8. The minimum atomic E-state index is -3.69. The Morgan fingerprint density at radius 2 is 1.75 bits per heavy atom. The predicted octanol–water partition coefficient (Wildman–Crippen LogP) is 2.99. The van der Waals surface area contributed by atoms with Crippen molar-refractivity contribution in [2.75, 3.05) is 0 Å². The van der Waals surface area contributed by atoms with Crippen LogP contribution in [0.15, 0.2) is 35.3 Å². The van der Waals surface area contributed by atoms with E-state index >= 15 is 0 Å². The molecule has 0 spiro atoms. The molecule has 0 atom stereocenters. The predicted molar refractivity (Wildman–Crippen MR) is 54.2 cm³/mol. The Bertz CT molecular complexity index is 491. The Balaban J connectivity index is 2.33. The van der Waals surface area contributed by atoms with E-state index < -0.39 is 10.8 Å². The van der Waals surface area contributed by atoms with Gasteiger partial charge in [0, 0.05) is 12.1 Å². The Morgan fingerprint density at radius 3 is 2.19 bits per heavy atom. The molecule has 4 nitrogen and oxygen atoms in total. The number of benzene rings is 1. The molecule has 1 aromatic heterocycles. The summed E-state index contributed by atoms with van der Waals surface area (Å²) in [5, 5.41) is 0.216. The van der Waals surface area contributed by atoms with Crippen LogP contribution in [0.5, 0.6) is 0 Å². The zero-order valence-electron chi connectivity index (χ0n) is 7.69. The molecule has 1 aromatic carbocycles. The van der Waals surface area contributed by atoms with E-state index in [4.69, 9.17) is 0 Å². The van der Waals surface area contributed by atoms with Crippen LogP contribution in [0.2, 0.25) is 0 Å². The SMILES string of the molecule is F[N+](F)(F)c1ccc(-n2cnc(Br)n2)cc1. The summed E-state index contributed by atoms with van der Waals surface area (Å²) in [6.07, 6.45) is 1.40. The summed E-state index contributed by atoms with van der Waals surface area (Å²) < 4.78 is 38.4. The molecule has 2 aromatic rings. The van der Waals surface area contributed by atoms with Crippen LogP contribution in [-0.4, -0.2) is 14.8 Å². The fraction of sp³-hybridized carbons (Fsp3) is 0. The maximum Gasteiger partial charge on any atom is 0.279 e. The van der Waals surface area contributed by atoms with E-state index in [1.807, 2.05) is 0 Å². The smallest absolute Gasteiger partial charge is 0.220 e. The van der Waals surface area contributed by atoms with Gasteiger partial charge in [0.25, 0.3) is 10.8 Å². The summed E-state index contributed by atoms with van der Waals surface area (Å²) in [5.74, 6) is 0. The van der Waals surface area contributed by atoms with Crippen LogP contribution in [0.3, 0.4) is 0 Å². The van der Waals surface area contributed by atoms with Crippen molar-refractivity contribution in [3.05, 3.63) is 35.3 Å². The molecule has 0 N–H and O–H groups in total. The van der Waals surface area contributed by atoms with Gasteiger partial charge in [-0.25, -0.2) is 9.67 Å². The Kier molecular flexibility index (Phi) is 2.68. The lowest BCUT2D eigenvalue weighted by Crippen LogP contribution is -2.16. The Hall–Kier alpha value is -1.41. The third kappa shape index (κ3) is 2.22. The molecule has 8 heteroatoms. The van der Waals surface area contributed by atoms with Gasteiger partial charge in [0.15, 0.2) is 0 Å². The highest BCUT2D eigenvalue weighted by molar-refractivity contribution is 9.10. The largest absolute Gasteiger partial charge is 0.279 e. The summed E-state index contributed by atoms with van der Waals surface area (Å²) in [4.78, 5) is 3.81. The molecule has 0 saturated heterocycles. The lowest BCUT2D eigenvalue weighted by molar-refractivity contribution is -0.278. The molecule has 0 aliphatic heterocycles. The van der Waals surface area contributed by atoms with Crippen molar-refractivity contribution in [1.29, 1.82) is 0 Å². The van der Waals surface area contributed by atoms with E-state index in [9.17, 15) is 13.4 Å². The second kappa shape index (κ2) is 3.87. The number of nitrogens with zero attached hydrogens (tertiary/aromatic N) is 4. The highest BCUT2D eigenvalue weighted by Gasteiger charge is 2.34. The molecule has 0 fully saturated rings. The van der Waals surface area contributed by atoms with Crippen LogP contribution in [0.1, 0.15) is 0 Å². The quantitative estimate of drug-likeness (QED) is 0.797. The van der Waals surface area contributed by atoms with Crippen LogP contribution in [0.25, 0.3) is 5.69 Å². The number of quaternary nitrogens is 1. The zero-order valence-corrected chi connectivity index (χ0v) is 9.27. The van der Waals surface area contributed by atoms with Crippen molar-refractivity contribution in [1.82, 2.24) is 19.9 Å². The third-order valence-corrected chi connectivity index (χ3v) is 2.23. The summed E-state index contributed by atoms with van der Waals surface area (Å²) in [6.45, 7) is 0. The molecule has 0 aliphatic rings. The van der Waals surface area contributed by atoms with Crippen molar-refractivity contribution in [3.8, 4) is 5.69 Å². The van der Waals surface area contributed by atoms with Gasteiger partial charge >= 0.3 is 0 Å². The summed E-state index contributed by atoms with van der Waals surface area (Å²) in [5.41, 5.74) is -0.238. The third-order valence-electron chi connectivity index (χ3n) is 1.87. The lowest BCUT2D eigenvalue weighted by atomic mass is 10.3. The normalized spacial score (nSPS) is 11.8. The first-order valence-corrected chi connectivity index (χ1v) is 4.92. The van der Waals surface area contributed by atoms with E-state index in [1.165, 1.54) is 23.1 Å². The van der Waals surface area contributed by atoms with Gasteiger partial charge in [-0.15, -0.1) is 5.10 Å². The van der Waals surface area contributed by atoms with Gasteiger partial charge in [0.05, 0.1) is 19.1 Å². The summed E-state index contributed by atoms with van der Waals surface area (Å²) >= 11 is 3.05. The van der Waals surface area contributed by atoms with Crippen LogP contribution >= 0.6 is 15.9 Å². The number of rotatable bonds is 2. The molecular weight excluding hydrogens is 289 g/mol. The molecule has 0 radical (unpaired) electrons. The summed E-state index contributed by atoms with van der Waals surface area (Å²) in [6, 6.07) is 4.60. The first-order chi connectivity index (χ1) is 7.47. The molecular formula is C8H5BrF3N4+. The van der Waals surface area contributed by atoms with Gasteiger partial charge in [-0.05, 0) is 28.1 Å². The van der Waals surface area contributed by atoms with Gasteiger partial charge in [-0.1, -0.05) is 0 Å². The highest BCUT2D eigenvalue weighted by Crippen LogP contribution is 2.26. The van der Waals surface area contributed by atoms with Crippen molar-refractivity contribution in [3.63, 3.8) is 0 Å². The molecule has 16 heavy (non-hydrogen) atoms. The molecule has 0 unspecified atom stereocenters. The first-order valence-electron chi connectivity index (χ1n) is 4.13. The Morgan fingerprint density at radius 1 is 1.12 bits per heavy atom. The first kappa shape index (κ1) is 11.1. The number of aromatic nitrogens is 3. The average molecular weight is 294 g/mol. The number of halogens is 4. The second-order valence-electron chi connectivity index (χ2n) is 2.92. The van der Waals surface area contributed by atoms with Gasteiger partial charge in [0.2, 0.25) is 4.73 Å². The monoisotopic (exact) mass is 293 g/mol. The standard InChI is InChI=1S/C8H5BrF3N4/c9-8-13-5-15(14-8)6-1-3-7(4-2-6)16(10,11)12/h1-5H/q+1. The van der Waals surface area contributed by atoms with Crippen molar-refractivity contribution < 1.29 is 13.4 Å². The topological polar surface area (TPSA) is 30.7 Å². The fourth-order valence-electron chi connectivity index (χ4n) is 1.14. The molecule has 0 saturated carbocycles. The van der Waals surface area contributed by atoms with Crippen molar-refractivity contribution in [2.45, 2.75) is 0 Å². The average Bonchev–Trinajstić information content (AvgIpc) is 2.64. The maximum absolute atomic E-state index is 12.2. The van der Waals surface area contributed by atoms with E-state index in [1.54, 1.807) is 0 Å². The number of hydrogen-bond acceptors (Lipinski definition) is 2. The van der Waals surface area contributed by atoms with Crippen molar-refractivity contribution in [2.24, 2.45) is 0 Å². The number of hydrogen-bond donors (Lipinski definition) is 0. The molecule has 0 amide bonds. The molecule has 1 heterocycles. The van der Waals surface area contributed by atoms with Crippen LogP contribution in [-0.2, 0) is 0 Å². The molecule has 84 valence electrons. The molecule has 0 bridgehead atoms. The maximum atomic E-state index is 12.2. The second-order valence-corrected chi connectivity index (χ2v) is 3.63. The van der Waals surface area contributed by atoms with Gasteiger partial charge < -0.3 is 0 Å². The van der Waals surface area contributed by atoms with E-state index in [0.717, 1.165) is 12.1 Å². The fourth-order valence-corrected chi connectivity index (χ4v) is 1.40. The van der Waals surface area contributed by atoms with Gasteiger partial charge in [0.1, 0.15) is 6.33 Å². The van der Waals surface area contributed by atoms with E-state index in [0.29, 0.717) is 10.4 Å². The van der Waals surface area contributed by atoms with E-state index in [2.05, 4.69) is 26.0 Å². The van der Waals surface area contributed by atoms with Gasteiger partial charge in [-0.2, -0.15) is 0 Å². The minimum absolute atomic E-state index is 0.378. The lowest BCUT2D eigenvalue weighted by Gasteiger charge is -2.01. The molecule has 2 rings (SSSR count). The van der Waals surface area contributed by atoms with Crippen LogP contribution in [0.4, 0.5) is 19.1 Å². The molecule has 0 aliphatic carbocycles. The van der Waals surface area contributed by atoms with Crippen LogP contribution < -0.4 is 5.15 Å². The Labute approximate surface area is 96.5 Å². The minimum Gasteiger partial charge on any atom is -0.220 e. The summed E-state index contributed by atoms with van der Waals surface area (Å²) in [7, 11) is 0. The van der Waals surface area contributed by atoms with E-state index in [-0.39, 0.29) is 0 Å². The van der Waals surface area contributed by atoms with Crippen LogP contribution in [0, 0.1) is 0 Å². The van der Waals surface area contributed by atoms with Gasteiger partial charge in [-0.3, -0.25) is 0 Å². The highest BCUT2D eigenvalue weighted by atomic mass is 79.9.